The minimum absolute atomic E-state index is 0.00312. The van der Waals surface area contributed by atoms with Gasteiger partial charge in [0.1, 0.15) is 12.6 Å². The first-order chi connectivity index (χ1) is 17.7. The van der Waals surface area contributed by atoms with Crippen LogP contribution < -0.4 is 9.62 Å². The monoisotopic (exact) mass is 586 g/mol. The van der Waals surface area contributed by atoms with Gasteiger partial charge in [-0.25, -0.2) is 8.42 Å². The van der Waals surface area contributed by atoms with Crippen LogP contribution in [0.15, 0.2) is 36.4 Å². The van der Waals surface area contributed by atoms with Crippen molar-refractivity contribution in [2.24, 2.45) is 0 Å². The molecule has 0 saturated heterocycles. The highest BCUT2D eigenvalue weighted by Crippen LogP contribution is 2.29. The van der Waals surface area contributed by atoms with Gasteiger partial charge in [-0.2, -0.15) is 0 Å². The van der Waals surface area contributed by atoms with Crippen molar-refractivity contribution in [2.75, 3.05) is 17.1 Å². The van der Waals surface area contributed by atoms with E-state index < -0.39 is 39.3 Å². The molecule has 2 aromatic carbocycles. The minimum atomic E-state index is -4.05. The summed E-state index contributed by atoms with van der Waals surface area (Å²) in [5, 5.41) is 14.9. The number of amides is 2. The number of carbonyl (C=O) groups excluding carboxylic acids is 2. The van der Waals surface area contributed by atoms with Crippen LogP contribution >= 0.6 is 23.2 Å². The Morgan fingerprint density at radius 3 is 2.29 bits per heavy atom. The molecule has 0 bridgehead atoms. The number of benzene rings is 2. The largest absolute Gasteiger partial charge is 0.352 e. The Balaban J connectivity index is 2.56. The highest BCUT2D eigenvalue weighted by molar-refractivity contribution is 7.92. The molecule has 0 aliphatic carbocycles. The van der Waals surface area contributed by atoms with Crippen LogP contribution in [-0.2, 0) is 26.2 Å². The highest BCUT2D eigenvalue weighted by Gasteiger charge is 2.33. The third kappa shape index (κ3) is 8.05. The van der Waals surface area contributed by atoms with E-state index in [1.807, 2.05) is 13.8 Å². The van der Waals surface area contributed by atoms with Crippen LogP contribution in [0.1, 0.15) is 44.7 Å². The number of nitrogens with zero attached hydrogens (tertiary/aromatic N) is 3. The molecule has 2 atom stereocenters. The molecule has 10 nitrogen and oxygen atoms in total. The number of halogens is 2. The zero-order valence-corrected chi connectivity index (χ0v) is 24.2. The minimum Gasteiger partial charge on any atom is -0.352 e. The number of anilines is 1. The first-order valence-corrected chi connectivity index (χ1v) is 14.6. The molecule has 0 aliphatic rings. The van der Waals surface area contributed by atoms with E-state index in [0.29, 0.717) is 22.6 Å². The number of carbonyl (C=O) groups is 2. The molecule has 0 aromatic heterocycles. The summed E-state index contributed by atoms with van der Waals surface area (Å²) in [7, 11) is -4.05. The summed E-state index contributed by atoms with van der Waals surface area (Å²) >= 11 is 12.4. The Kier molecular flexibility index (Phi) is 10.9. The molecule has 13 heteroatoms. The second kappa shape index (κ2) is 13.3. The molecule has 2 aromatic rings. The quantitative estimate of drug-likeness (QED) is 0.283. The number of nitro groups is 1. The molecule has 2 amide bonds. The Morgan fingerprint density at radius 2 is 1.76 bits per heavy atom. The summed E-state index contributed by atoms with van der Waals surface area (Å²) in [5.74, 6) is -1.07. The van der Waals surface area contributed by atoms with Crippen LogP contribution in [0.5, 0.6) is 0 Å². The van der Waals surface area contributed by atoms with Crippen LogP contribution in [0, 0.1) is 17.0 Å². The van der Waals surface area contributed by atoms with E-state index in [1.54, 1.807) is 26.0 Å². The van der Waals surface area contributed by atoms with Gasteiger partial charge in [-0.1, -0.05) is 49.2 Å². The van der Waals surface area contributed by atoms with Gasteiger partial charge in [0.15, 0.2) is 0 Å². The molecule has 0 saturated carbocycles. The van der Waals surface area contributed by atoms with Gasteiger partial charge in [-0.3, -0.25) is 24.0 Å². The Morgan fingerprint density at radius 1 is 1.11 bits per heavy atom. The average Bonchev–Trinajstić information content (AvgIpc) is 2.83. The van der Waals surface area contributed by atoms with Gasteiger partial charge >= 0.3 is 0 Å². The number of nitrogens with one attached hydrogen (secondary N) is 1. The molecular weight excluding hydrogens is 555 g/mol. The van der Waals surface area contributed by atoms with Crippen molar-refractivity contribution in [3.63, 3.8) is 0 Å². The third-order valence-electron chi connectivity index (χ3n) is 6.09. The van der Waals surface area contributed by atoms with Crippen molar-refractivity contribution < 1.29 is 22.9 Å². The fraction of sp³-hybridized carbons (Fsp3) is 0.440. The second-order valence-corrected chi connectivity index (χ2v) is 11.7. The molecule has 0 fully saturated rings. The average molecular weight is 588 g/mol. The molecule has 38 heavy (non-hydrogen) atoms. The first kappa shape index (κ1) is 31.3. The molecule has 208 valence electrons. The highest BCUT2D eigenvalue weighted by atomic mass is 35.5. The van der Waals surface area contributed by atoms with Crippen molar-refractivity contribution in [3.05, 3.63) is 67.7 Å². The van der Waals surface area contributed by atoms with E-state index in [0.717, 1.165) is 16.6 Å². The summed E-state index contributed by atoms with van der Waals surface area (Å²) in [6.45, 7) is 6.30. The molecule has 0 aliphatic heterocycles. The zero-order chi connectivity index (χ0) is 28.8. The van der Waals surface area contributed by atoms with Crippen molar-refractivity contribution in [3.8, 4) is 0 Å². The second-order valence-electron chi connectivity index (χ2n) is 9.00. The van der Waals surface area contributed by atoms with Crippen LogP contribution in [0.4, 0.5) is 11.4 Å². The number of sulfonamides is 1. The fourth-order valence-corrected chi connectivity index (χ4v) is 5.14. The van der Waals surface area contributed by atoms with Crippen LogP contribution in [-0.4, -0.2) is 54.9 Å². The van der Waals surface area contributed by atoms with E-state index >= 15 is 0 Å². The van der Waals surface area contributed by atoms with Gasteiger partial charge in [-0.15, -0.1) is 0 Å². The molecule has 0 heterocycles. The van der Waals surface area contributed by atoms with Gasteiger partial charge in [0.05, 0.1) is 16.9 Å². The molecule has 0 radical (unpaired) electrons. The lowest BCUT2D eigenvalue weighted by atomic mass is 10.1. The van der Waals surface area contributed by atoms with Gasteiger partial charge in [-0.05, 0) is 49.9 Å². The SMILES string of the molecule is CC[C@H](C(=O)N[C@@H](C)CC)N(Cc1ccc(Cl)cc1Cl)C(=O)CN(c1cc([N+](=O)[O-])ccc1C)S(C)(=O)=O. The lowest BCUT2D eigenvalue weighted by molar-refractivity contribution is -0.384. The summed E-state index contributed by atoms with van der Waals surface area (Å²) < 4.78 is 26.4. The molecule has 0 spiro atoms. The van der Waals surface area contributed by atoms with Crippen molar-refractivity contribution in [1.29, 1.82) is 0 Å². The normalized spacial score (nSPS) is 12.9. The van der Waals surface area contributed by atoms with Gasteiger partial charge in [0.25, 0.3) is 5.69 Å². The summed E-state index contributed by atoms with van der Waals surface area (Å²) in [4.78, 5) is 38.9. The maximum atomic E-state index is 13.8. The Labute approximate surface area is 233 Å². The summed E-state index contributed by atoms with van der Waals surface area (Å²) in [5.41, 5.74) is 0.604. The zero-order valence-electron chi connectivity index (χ0n) is 21.9. The number of rotatable bonds is 12. The van der Waals surface area contributed by atoms with Crippen LogP contribution in [0.25, 0.3) is 0 Å². The maximum Gasteiger partial charge on any atom is 0.271 e. The van der Waals surface area contributed by atoms with Crippen molar-refractivity contribution >= 4 is 56.4 Å². The number of non-ortho nitro benzene ring substituents is 1. The van der Waals surface area contributed by atoms with E-state index in [4.69, 9.17) is 23.2 Å². The maximum absolute atomic E-state index is 13.8. The van der Waals surface area contributed by atoms with E-state index in [1.165, 1.54) is 23.1 Å². The lowest BCUT2D eigenvalue weighted by Crippen LogP contribution is -2.53. The van der Waals surface area contributed by atoms with Gasteiger partial charge < -0.3 is 10.2 Å². The molecular formula is C25H32Cl2N4O6S. The third-order valence-corrected chi connectivity index (χ3v) is 7.81. The predicted molar refractivity (Wildman–Crippen MR) is 149 cm³/mol. The fourth-order valence-electron chi connectivity index (χ4n) is 3.77. The number of aryl methyl sites for hydroxylation is 1. The molecule has 1 N–H and O–H groups in total. The van der Waals surface area contributed by atoms with E-state index in [2.05, 4.69) is 5.32 Å². The molecule has 0 unspecified atom stereocenters. The lowest BCUT2D eigenvalue weighted by Gasteiger charge is -2.33. The smallest absolute Gasteiger partial charge is 0.271 e. The molecule has 2 rings (SSSR count). The first-order valence-electron chi connectivity index (χ1n) is 12.0. The number of hydrogen-bond acceptors (Lipinski definition) is 6. The van der Waals surface area contributed by atoms with E-state index in [-0.39, 0.29) is 35.4 Å². The van der Waals surface area contributed by atoms with E-state index in [9.17, 15) is 28.1 Å². The van der Waals surface area contributed by atoms with Crippen LogP contribution in [0.2, 0.25) is 10.0 Å². The van der Waals surface area contributed by atoms with Gasteiger partial charge in [0.2, 0.25) is 21.8 Å². The summed E-state index contributed by atoms with van der Waals surface area (Å²) in [6, 6.07) is 7.43. The summed E-state index contributed by atoms with van der Waals surface area (Å²) in [6.07, 6.45) is 1.83. The van der Waals surface area contributed by atoms with Crippen LogP contribution in [0.3, 0.4) is 0 Å². The number of hydrogen-bond donors (Lipinski definition) is 1. The Hall–Kier alpha value is -2.89. The standard InChI is InChI=1S/C25H32Cl2N4O6S/c1-6-17(4)28-25(33)22(7-2)29(14-18-9-10-19(26)12-21(18)27)24(32)15-30(38(5,36)37)23-13-20(31(34)35)11-8-16(23)3/h8-13,17,22H,6-7,14-15H2,1-5H3,(H,28,33)/t17-,22+/m0/s1. The van der Waals surface area contributed by atoms with Crippen molar-refractivity contribution in [2.45, 2.75) is 59.2 Å². The van der Waals surface area contributed by atoms with Crippen molar-refractivity contribution in [1.82, 2.24) is 10.2 Å². The Bertz CT molecular complexity index is 1300. The topological polar surface area (TPSA) is 130 Å². The predicted octanol–water partition coefficient (Wildman–Crippen LogP) is 4.70. The van der Waals surface area contributed by atoms with Gasteiger partial charge in [0, 0.05) is 34.8 Å². The number of nitro benzene ring substituents is 1.